The molecule has 0 aromatic heterocycles. The molecule has 2 aromatic carbocycles. The minimum absolute atomic E-state index is 0.00000598. The molecule has 0 aliphatic heterocycles. The lowest BCUT2D eigenvalue weighted by molar-refractivity contribution is -0.131. The number of anilines is 1. The van der Waals surface area contributed by atoms with E-state index in [9.17, 15) is 14.0 Å². The predicted octanol–water partition coefficient (Wildman–Crippen LogP) is 3.74. The van der Waals surface area contributed by atoms with E-state index in [1.54, 1.807) is 24.3 Å². The Kier molecular flexibility index (Phi) is 8.34. The molecule has 8 heteroatoms. The van der Waals surface area contributed by atoms with E-state index in [4.69, 9.17) is 9.47 Å². The number of carbonyl (C=O) groups excluding carboxylic acids is 2. The molecule has 2 amide bonds. The highest BCUT2D eigenvalue weighted by molar-refractivity contribution is 6.06. The summed E-state index contributed by atoms with van der Waals surface area (Å²) in [7, 11) is 0. The quantitative estimate of drug-likeness (QED) is 0.371. The van der Waals surface area contributed by atoms with E-state index in [1.807, 2.05) is 20.8 Å². The lowest BCUT2D eigenvalue weighted by Crippen LogP contribution is -2.34. The SMILES string of the molecule is CCOc1cc(C=NNC(=O)C(C)C(=O)Nc2ccccc2F)ccc1OC(C)C. The molecule has 0 heterocycles. The first kappa shape index (κ1) is 22.9. The van der Waals surface area contributed by atoms with E-state index in [0.717, 1.165) is 0 Å². The molecule has 0 aliphatic rings. The van der Waals surface area contributed by atoms with Crippen LogP contribution in [-0.2, 0) is 9.59 Å². The summed E-state index contributed by atoms with van der Waals surface area (Å²) in [6.07, 6.45) is 1.43. The molecule has 7 nitrogen and oxygen atoms in total. The molecule has 0 radical (unpaired) electrons. The minimum Gasteiger partial charge on any atom is -0.490 e. The van der Waals surface area contributed by atoms with E-state index in [1.165, 1.54) is 31.3 Å². The molecule has 30 heavy (non-hydrogen) atoms. The number of amides is 2. The first-order valence-electron chi connectivity index (χ1n) is 9.63. The van der Waals surface area contributed by atoms with E-state index in [-0.39, 0.29) is 11.8 Å². The molecule has 0 fully saturated rings. The van der Waals surface area contributed by atoms with Gasteiger partial charge >= 0.3 is 0 Å². The number of ether oxygens (including phenoxy) is 2. The molecule has 0 saturated carbocycles. The molecule has 0 saturated heterocycles. The number of benzene rings is 2. The van der Waals surface area contributed by atoms with E-state index in [0.29, 0.717) is 23.7 Å². The van der Waals surface area contributed by atoms with Crippen LogP contribution in [0.4, 0.5) is 10.1 Å². The second-order valence-corrected chi connectivity index (χ2v) is 6.73. The molecule has 2 N–H and O–H groups in total. The summed E-state index contributed by atoms with van der Waals surface area (Å²) < 4.78 is 24.9. The highest BCUT2D eigenvalue weighted by Crippen LogP contribution is 2.29. The number of para-hydroxylation sites is 1. The highest BCUT2D eigenvalue weighted by Gasteiger charge is 2.22. The number of hydrazone groups is 1. The van der Waals surface area contributed by atoms with Gasteiger partial charge in [0.25, 0.3) is 5.91 Å². The molecule has 2 aromatic rings. The first-order valence-corrected chi connectivity index (χ1v) is 9.63. The third-order valence-electron chi connectivity index (χ3n) is 3.94. The summed E-state index contributed by atoms with van der Waals surface area (Å²) in [6, 6.07) is 11.0. The normalized spacial score (nSPS) is 11.9. The summed E-state index contributed by atoms with van der Waals surface area (Å²) in [6.45, 7) is 7.59. The Hall–Kier alpha value is -3.42. The minimum atomic E-state index is -1.07. The summed E-state index contributed by atoms with van der Waals surface area (Å²) in [5.41, 5.74) is 3.01. The van der Waals surface area contributed by atoms with Gasteiger partial charge in [-0.3, -0.25) is 9.59 Å². The summed E-state index contributed by atoms with van der Waals surface area (Å²) in [5, 5.41) is 6.27. The average molecular weight is 415 g/mol. The topological polar surface area (TPSA) is 89.0 Å². The van der Waals surface area contributed by atoms with E-state index >= 15 is 0 Å². The molecule has 1 unspecified atom stereocenters. The van der Waals surface area contributed by atoms with Crippen molar-refractivity contribution in [2.24, 2.45) is 11.0 Å². The molecule has 0 bridgehead atoms. The van der Waals surface area contributed by atoms with Gasteiger partial charge in [-0.2, -0.15) is 5.10 Å². The van der Waals surface area contributed by atoms with Gasteiger partial charge in [0.15, 0.2) is 11.5 Å². The third-order valence-corrected chi connectivity index (χ3v) is 3.94. The monoisotopic (exact) mass is 415 g/mol. The predicted molar refractivity (Wildman–Crippen MR) is 113 cm³/mol. The number of carbonyl (C=O) groups is 2. The lowest BCUT2D eigenvalue weighted by atomic mass is 10.1. The van der Waals surface area contributed by atoms with Crippen LogP contribution in [0.2, 0.25) is 0 Å². The van der Waals surface area contributed by atoms with Crippen molar-refractivity contribution in [3.05, 3.63) is 53.8 Å². The van der Waals surface area contributed by atoms with Crippen molar-refractivity contribution in [3.63, 3.8) is 0 Å². The fourth-order valence-electron chi connectivity index (χ4n) is 2.41. The molecule has 0 spiro atoms. The van der Waals surface area contributed by atoms with Gasteiger partial charge in [0.1, 0.15) is 11.7 Å². The zero-order valence-electron chi connectivity index (χ0n) is 17.4. The maximum atomic E-state index is 13.6. The maximum Gasteiger partial charge on any atom is 0.252 e. The average Bonchev–Trinajstić information content (AvgIpc) is 2.70. The van der Waals surface area contributed by atoms with Crippen LogP contribution in [0.1, 0.15) is 33.3 Å². The van der Waals surface area contributed by atoms with Crippen molar-refractivity contribution < 1.29 is 23.5 Å². The highest BCUT2D eigenvalue weighted by atomic mass is 19.1. The molecular weight excluding hydrogens is 389 g/mol. The molecular formula is C22H26FN3O4. The second kappa shape index (κ2) is 10.9. The largest absolute Gasteiger partial charge is 0.490 e. The molecule has 2 rings (SSSR count). The van der Waals surface area contributed by atoms with Gasteiger partial charge < -0.3 is 14.8 Å². The lowest BCUT2D eigenvalue weighted by Gasteiger charge is -2.14. The van der Waals surface area contributed by atoms with Gasteiger partial charge in [-0.05, 0) is 63.6 Å². The molecule has 1 atom stereocenters. The van der Waals surface area contributed by atoms with Crippen LogP contribution in [0.5, 0.6) is 11.5 Å². The summed E-state index contributed by atoms with van der Waals surface area (Å²) >= 11 is 0. The molecule has 0 aliphatic carbocycles. The fraction of sp³-hybridized carbons (Fsp3) is 0.318. The van der Waals surface area contributed by atoms with Gasteiger partial charge in [0.2, 0.25) is 5.91 Å². The van der Waals surface area contributed by atoms with Crippen molar-refractivity contribution in [2.75, 3.05) is 11.9 Å². The number of halogens is 1. The number of nitrogens with zero attached hydrogens (tertiary/aromatic N) is 1. The van der Waals surface area contributed by atoms with Crippen molar-refractivity contribution >= 4 is 23.7 Å². The standard InChI is InChI=1S/C22H26FN3O4/c1-5-29-20-12-16(10-11-19(20)30-14(2)3)13-24-26-22(28)15(4)21(27)25-18-9-7-6-8-17(18)23/h6-15H,5H2,1-4H3,(H,25,27)(H,26,28). The van der Waals surface area contributed by atoms with Crippen molar-refractivity contribution in [1.29, 1.82) is 0 Å². The first-order chi connectivity index (χ1) is 14.3. The Balaban J connectivity index is 1.98. The maximum absolute atomic E-state index is 13.6. The van der Waals surface area contributed by atoms with Crippen molar-refractivity contribution in [1.82, 2.24) is 5.43 Å². The van der Waals surface area contributed by atoms with Crippen LogP contribution in [0.25, 0.3) is 0 Å². The number of rotatable bonds is 9. The van der Waals surface area contributed by atoms with E-state index in [2.05, 4.69) is 15.8 Å². The van der Waals surface area contributed by atoms with Crippen molar-refractivity contribution in [2.45, 2.75) is 33.8 Å². The van der Waals surface area contributed by atoms with Crippen LogP contribution < -0.4 is 20.2 Å². The van der Waals surface area contributed by atoms with Gasteiger partial charge in [-0.1, -0.05) is 12.1 Å². The summed E-state index contributed by atoms with van der Waals surface area (Å²) in [5.74, 6) is -1.72. The summed E-state index contributed by atoms with van der Waals surface area (Å²) in [4.78, 5) is 24.3. The van der Waals surface area contributed by atoms with E-state index < -0.39 is 23.5 Å². The van der Waals surface area contributed by atoms with Crippen LogP contribution >= 0.6 is 0 Å². The van der Waals surface area contributed by atoms with Gasteiger partial charge in [-0.15, -0.1) is 0 Å². The Bertz CT molecular complexity index is 915. The zero-order chi connectivity index (χ0) is 22.1. The second-order valence-electron chi connectivity index (χ2n) is 6.73. The van der Waals surface area contributed by atoms with Crippen LogP contribution in [-0.4, -0.2) is 30.7 Å². The Morgan fingerprint density at radius 3 is 2.50 bits per heavy atom. The number of hydrogen-bond acceptors (Lipinski definition) is 5. The fourth-order valence-corrected chi connectivity index (χ4v) is 2.41. The van der Waals surface area contributed by atoms with Crippen molar-refractivity contribution in [3.8, 4) is 11.5 Å². The third kappa shape index (κ3) is 6.58. The zero-order valence-corrected chi connectivity index (χ0v) is 17.4. The Morgan fingerprint density at radius 2 is 1.83 bits per heavy atom. The van der Waals surface area contributed by atoms with Gasteiger partial charge in [0, 0.05) is 0 Å². The van der Waals surface area contributed by atoms with Gasteiger partial charge in [0.05, 0.1) is 24.6 Å². The van der Waals surface area contributed by atoms with Crippen LogP contribution in [0.15, 0.2) is 47.6 Å². The number of nitrogens with one attached hydrogen (secondary N) is 2. The van der Waals surface area contributed by atoms with Crippen LogP contribution in [0.3, 0.4) is 0 Å². The Morgan fingerprint density at radius 1 is 1.10 bits per heavy atom. The molecule has 160 valence electrons. The number of hydrogen-bond donors (Lipinski definition) is 2. The smallest absolute Gasteiger partial charge is 0.252 e. The van der Waals surface area contributed by atoms with Crippen LogP contribution in [0, 0.1) is 11.7 Å². The van der Waals surface area contributed by atoms with Gasteiger partial charge in [-0.25, -0.2) is 9.82 Å². The Labute approximate surface area is 175 Å².